The summed E-state index contributed by atoms with van der Waals surface area (Å²) in [5, 5.41) is 7.94. The topological polar surface area (TPSA) is 59.8 Å². The minimum absolute atomic E-state index is 0.281. The number of rotatable bonds is 3. The monoisotopic (exact) mass is 310 g/mol. The lowest BCUT2D eigenvalue weighted by molar-refractivity contribution is -0.111. The van der Waals surface area contributed by atoms with Gasteiger partial charge in [0.2, 0.25) is 5.91 Å². The molecule has 1 aromatic carbocycles. The van der Waals surface area contributed by atoms with E-state index in [0.29, 0.717) is 5.69 Å². The zero-order valence-electron chi connectivity index (χ0n) is 12.7. The van der Waals surface area contributed by atoms with Gasteiger partial charge in [-0.25, -0.2) is 9.37 Å². The summed E-state index contributed by atoms with van der Waals surface area (Å²) in [6, 6.07) is 7.74. The van der Waals surface area contributed by atoms with Gasteiger partial charge >= 0.3 is 0 Å². The van der Waals surface area contributed by atoms with E-state index in [1.807, 2.05) is 20.0 Å². The number of halogens is 1. The molecule has 0 saturated heterocycles. The van der Waals surface area contributed by atoms with E-state index >= 15 is 0 Å². The highest BCUT2D eigenvalue weighted by atomic mass is 19.1. The highest BCUT2D eigenvalue weighted by Crippen LogP contribution is 2.19. The van der Waals surface area contributed by atoms with Crippen LogP contribution in [0.3, 0.4) is 0 Å². The van der Waals surface area contributed by atoms with E-state index in [2.05, 4.69) is 15.4 Å². The molecule has 1 N–H and O–H groups in total. The summed E-state index contributed by atoms with van der Waals surface area (Å²) in [5.41, 5.74) is 2.97. The van der Waals surface area contributed by atoms with Crippen LogP contribution in [0.5, 0.6) is 0 Å². The number of nitrogens with zero attached hydrogens (tertiary/aromatic N) is 3. The Morgan fingerprint density at radius 2 is 2.04 bits per heavy atom. The van der Waals surface area contributed by atoms with Gasteiger partial charge in [0.25, 0.3) is 0 Å². The van der Waals surface area contributed by atoms with E-state index in [0.717, 1.165) is 22.3 Å². The molecule has 0 radical (unpaired) electrons. The summed E-state index contributed by atoms with van der Waals surface area (Å²) in [6.45, 7) is 1.89. The number of hydrogen-bond donors (Lipinski definition) is 1. The number of aryl methyl sites for hydroxylation is 2. The Labute approximate surface area is 132 Å². The fourth-order valence-electron chi connectivity index (χ4n) is 2.31. The van der Waals surface area contributed by atoms with Crippen LogP contribution in [0, 0.1) is 12.7 Å². The van der Waals surface area contributed by atoms with E-state index in [4.69, 9.17) is 0 Å². The summed E-state index contributed by atoms with van der Waals surface area (Å²) >= 11 is 0. The number of fused-ring (bicyclic) bond motifs is 1. The molecule has 3 aromatic rings. The van der Waals surface area contributed by atoms with Crippen molar-refractivity contribution in [2.45, 2.75) is 6.92 Å². The van der Waals surface area contributed by atoms with Gasteiger partial charge in [-0.05, 0) is 36.8 Å². The standard InChI is InChI=1S/C17H15FN4O/c1-11-15-9-14(10-19-17(15)22(2)21-11)20-16(23)8-5-12-3-6-13(18)7-4-12/h3-10H,1-2H3,(H,20,23)/b8-5+. The van der Waals surface area contributed by atoms with Gasteiger partial charge in [-0.1, -0.05) is 12.1 Å². The highest BCUT2D eigenvalue weighted by Gasteiger charge is 2.07. The summed E-state index contributed by atoms with van der Waals surface area (Å²) in [4.78, 5) is 16.3. The van der Waals surface area contributed by atoms with Crippen molar-refractivity contribution in [2.75, 3.05) is 5.32 Å². The van der Waals surface area contributed by atoms with E-state index in [-0.39, 0.29) is 11.7 Å². The molecular weight excluding hydrogens is 295 g/mol. The number of hydrogen-bond acceptors (Lipinski definition) is 3. The van der Waals surface area contributed by atoms with Crippen molar-refractivity contribution >= 4 is 28.7 Å². The first-order chi connectivity index (χ1) is 11.0. The molecule has 1 amide bonds. The summed E-state index contributed by atoms with van der Waals surface area (Å²) in [5.74, 6) is -0.588. The van der Waals surface area contributed by atoms with Gasteiger partial charge in [-0.3, -0.25) is 9.48 Å². The van der Waals surface area contributed by atoms with Crippen molar-refractivity contribution in [3.63, 3.8) is 0 Å². The Hall–Kier alpha value is -3.02. The van der Waals surface area contributed by atoms with Crippen molar-refractivity contribution in [1.29, 1.82) is 0 Å². The molecule has 3 rings (SSSR count). The minimum atomic E-state index is -0.308. The zero-order chi connectivity index (χ0) is 16.4. The molecule has 0 atom stereocenters. The number of aromatic nitrogens is 3. The van der Waals surface area contributed by atoms with Crippen LogP contribution in [0.2, 0.25) is 0 Å². The van der Waals surface area contributed by atoms with Crippen molar-refractivity contribution in [1.82, 2.24) is 14.8 Å². The Bertz CT molecular complexity index is 897. The van der Waals surface area contributed by atoms with E-state index in [1.54, 1.807) is 29.1 Å². The molecule has 2 aromatic heterocycles. The molecule has 0 spiro atoms. The van der Waals surface area contributed by atoms with Crippen LogP contribution in [0.1, 0.15) is 11.3 Å². The maximum absolute atomic E-state index is 12.8. The molecule has 2 heterocycles. The van der Waals surface area contributed by atoms with E-state index in [9.17, 15) is 9.18 Å². The molecule has 0 saturated carbocycles. The number of nitrogens with one attached hydrogen (secondary N) is 1. The Morgan fingerprint density at radius 1 is 1.30 bits per heavy atom. The molecular formula is C17H15FN4O. The van der Waals surface area contributed by atoms with Crippen molar-refractivity contribution in [3.8, 4) is 0 Å². The van der Waals surface area contributed by atoms with E-state index in [1.165, 1.54) is 18.2 Å². The molecule has 0 bridgehead atoms. The highest BCUT2D eigenvalue weighted by molar-refractivity contribution is 6.02. The maximum atomic E-state index is 12.8. The van der Waals surface area contributed by atoms with Gasteiger partial charge in [-0.15, -0.1) is 0 Å². The quantitative estimate of drug-likeness (QED) is 0.756. The predicted molar refractivity (Wildman–Crippen MR) is 87.3 cm³/mol. The van der Waals surface area contributed by atoms with Gasteiger partial charge in [-0.2, -0.15) is 5.10 Å². The van der Waals surface area contributed by atoms with Gasteiger partial charge < -0.3 is 5.32 Å². The van der Waals surface area contributed by atoms with Gasteiger partial charge in [0.1, 0.15) is 5.82 Å². The van der Waals surface area contributed by atoms with Crippen LogP contribution in [0.4, 0.5) is 10.1 Å². The number of benzene rings is 1. The number of carbonyl (C=O) groups excluding carboxylic acids is 1. The number of amides is 1. The van der Waals surface area contributed by atoms with E-state index < -0.39 is 0 Å². The largest absolute Gasteiger partial charge is 0.321 e. The zero-order valence-corrected chi connectivity index (χ0v) is 12.7. The summed E-state index contributed by atoms with van der Waals surface area (Å²) < 4.78 is 14.5. The fraction of sp³-hybridized carbons (Fsp3) is 0.118. The number of pyridine rings is 1. The van der Waals surface area contributed by atoms with Crippen LogP contribution in [-0.4, -0.2) is 20.7 Å². The SMILES string of the molecule is Cc1nn(C)c2ncc(NC(=O)/C=C/c3ccc(F)cc3)cc12. The first-order valence-corrected chi connectivity index (χ1v) is 7.07. The smallest absolute Gasteiger partial charge is 0.248 e. The second-order valence-electron chi connectivity index (χ2n) is 5.18. The second-order valence-corrected chi connectivity index (χ2v) is 5.18. The molecule has 0 fully saturated rings. The average Bonchev–Trinajstić information content (AvgIpc) is 2.81. The average molecular weight is 310 g/mol. The first kappa shape index (κ1) is 14.9. The predicted octanol–water partition coefficient (Wildman–Crippen LogP) is 3.07. The Balaban J connectivity index is 1.74. The lowest BCUT2D eigenvalue weighted by Crippen LogP contribution is -2.08. The minimum Gasteiger partial charge on any atom is -0.321 e. The molecule has 116 valence electrons. The third-order valence-corrected chi connectivity index (χ3v) is 3.43. The lowest BCUT2D eigenvalue weighted by atomic mass is 10.2. The molecule has 6 heteroatoms. The number of anilines is 1. The third kappa shape index (κ3) is 3.26. The van der Waals surface area contributed by atoms with Crippen molar-refractivity contribution < 1.29 is 9.18 Å². The molecule has 23 heavy (non-hydrogen) atoms. The van der Waals surface area contributed by atoms with Crippen LogP contribution in [-0.2, 0) is 11.8 Å². The van der Waals surface area contributed by atoms with Crippen LogP contribution >= 0.6 is 0 Å². The van der Waals surface area contributed by atoms with Crippen LogP contribution in [0.15, 0.2) is 42.6 Å². The second kappa shape index (κ2) is 6.00. The molecule has 0 aliphatic rings. The third-order valence-electron chi connectivity index (χ3n) is 3.43. The lowest BCUT2D eigenvalue weighted by Gasteiger charge is -2.02. The molecule has 0 aliphatic heterocycles. The van der Waals surface area contributed by atoms with Crippen molar-refractivity contribution in [2.24, 2.45) is 7.05 Å². The first-order valence-electron chi connectivity index (χ1n) is 7.07. The number of carbonyl (C=O) groups is 1. The fourth-order valence-corrected chi connectivity index (χ4v) is 2.31. The summed E-state index contributed by atoms with van der Waals surface area (Å²) in [7, 11) is 1.83. The maximum Gasteiger partial charge on any atom is 0.248 e. The van der Waals surface area contributed by atoms with Crippen molar-refractivity contribution in [3.05, 3.63) is 59.7 Å². The van der Waals surface area contributed by atoms with Crippen LogP contribution in [0.25, 0.3) is 17.1 Å². The van der Waals surface area contributed by atoms with Gasteiger partial charge in [0, 0.05) is 18.5 Å². The Kier molecular flexibility index (Phi) is 3.89. The molecule has 5 nitrogen and oxygen atoms in total. The Morgan fingerprint density at radius 3 is 2.78 bits per heavy atom. The summed E-state index contributed by atoms with van der Waals surface area (Å²) in [6.07, 6.45) is 4.61. The van der Waals surface area contributed by atoms with Gasteiger partial charge in [0.15, 0.2) is 5.65 Å². The normalized spacial score (nSPS) is 11.3. The molecule has 0 aliphatic carbocycles. The van der Waals surface area contributed by atoms with Crippen LogP contribution < -0.4 is 5.32 Å². The van der Waals surface area contributed by atoms with Gasteiger partial charge in [0.05, 0.1) is 17.6 Å². The molecule has 0 unspecified atom stereocenters.